The zero-order chi connectivity index (χ0) is 16.5. The van der Waals surface area contributed by atoms with Crippen LogP contribution in [-0.4, -0.2) is 49.6 Å². The van der Waals surface area contributed by atoms with E-state index in [9.17, 15) is 13.2 Å². The van der Waals surface area contributed by atoms with Crippen LogP contribution in [0.3, 0.4) is 0 Å². The minimum atomic E-state index is -3.30. The fraction of sp³-hybridized carbons (Fsp3) is 0.562. The third kappa shape index (κ3) is 3.17. The summed E-state index contributed by atoms with van der Waals surface area (Å²) in [6.45, 7) is 8.82. The minimum Gasteiger partial charge on any atom is -0.333 e. The molecule has 1 fully saturated rings. The maximum atomic E-state index is 12.6. The number of amides is 1. The molecule has 0 bridgehead atoms. The van der Waals surface area contributed by atoms with E-state index >= 15 is 0 Å². The Labute approximate surface area is 132 Å². The van der Waals surface area contributed by atoms with Gasteiger partial charge in [-0.15, -0.1) is 0 Å². The third-order valence-electron chi connectivity index (χ3n) is 4.35. The van der Waals surface area contributed by atoms with Crippen LogP contribution in [0.1, 0.15) is 38.1 Å². The van der Waals surface area contributed by atoms with Crippen molar-refractivity contribution in [1.82, 2.24) is 10.2 Å². The fourth-order valence-corrected chi connectivity index (χ4v) is 3.63. The van der Waals surface area contributed by atoms with E-state index in [1.54, 1.807) is 26.0 Å². The summed E-state index contributed by atoms with van der Waals surface area (Å²) in [6.07, 6.45) is 0. The first-order valence-electron chi connectivity index (χ1n) is 7.63. The Morgan fingerprint density at radius 3 is 2.36 bits per heavy atom. The van der Waals surface area contributed by atoms with Crippen LogP contribution in [0.5, 0.6) is 0 Å². The van der Waals surface area contributed by atoms with Gasteiger partial charge in [-0.05, 0) is 52.0 Å². The van der Waals surface area contributed by atoms with Crippen molar-refractivity contribution in [2.45, 2.75) is 49.9 Å². The van der Waals surface area contributed by atoms with Crippen LogP contribution in [0.15, 0.2) is 29.2 Å². The summed E-state index contributed by atoms with van der Waals surface area (Å²) in [4.78, 5) is 14.7. The fourth-order valence-electron chi connectivity index (χ4n) is 2.57. The van der Waals surface area contributed by atoms with Gasteiger partial charge >= 0.3 is 0 Å². The number of nitrogens with one attached hydrogen (secondary N) is 1. The van der Waals surface area contributed by atoms with E-state index in [0.717, 1.165) is 6.54 Å². The second kappa shape index (κ2) is 6.38. The number of hydrogen-bond acceptors (Lipinski definition) is 4. The van der Waals surface area contributed by atoms with Crippen LogP contribution in [0.2, 0.25) is 0 Å². The van der Waals surface area contributed by atoms with Crippen molar-refractivity contribution in [3.63, 3.8) is 0 Å². The molecule has 122 valence electrons. The topological polar surface area (TPSA) is 66.5 Å². The van der Waals surface area contributed by atoms with Crippen LogP contribution < -0.4 is 5.32 Å². The highest BCUT2D eigenvalue weighted by atomic mass is 32.2. The van der Waals surface area contributed by atoms with Crippen molar-refractivity contribution in [2.24, 2.45) is 0 Å². The van der Waals surface area contributed by atoms with Gasteiger partial charge in [-0.25, -0.2) is 8.42 Å². The SMILES string of the molecule is CC1NCCN(C(=O)c2ccc(S(=O)(=O)C(C)C)cc2)C1C. The maximum absolute atomic E-state index is 12.6. The zero-order valence-corrected chi connectivity index (χ0v) is 14.4. The van der Waals surface area contributed by atoms with Gasteiger partial charge < -0.3 is 10.2 Å². The largest absolute Gasteiger partial charge is 0.333 e. The van der Waals surface area contributed by atoms with E-state index in [-0.39, 0.29) is 22.9 Å². The van der Waals surface area contributed by atoms with Crippen LogP contribution in [0.4, 0.5) is 0 Å². The molecule has 1 aliphatic rings. The quantitative estimate of drug-likeness (QED) is 0.919. The van der Waals surface area contributed by atoms with Crippen LogP contribution in [-0.2, 0) is 9.84 Å². The average Bonchev–Trinajstić information content (AvgIpc) is 2.49. The number of piperazine rings is 1. The van der Waals surface area contributed by atoms with E-state index < -0.39 is 15.1 Å². The number of nitrogens with zero attached hydrogens (tertiary/aromatic N) is 1. The Hall–Kier alpha value is -1.40. The molecule has 2 atom stereocenters. The lowest BCUT2D eigenvalue weighted by atomic mass is 10.1. The Kier molecular flexibility index (Phi) is 4.92. The molecular weight excluding hydrogens is 300 g/mol. The molecular formula is C16H24N2O3S. The molecule has 0 aromatic heterocycles. The first-order valence-corrected chi connectivity index (χ1v) is 9.18. The van der Waals surface area contributed by atoms with Crippen molar-refractivity contribution in [3.05, 3.63) is 29.8 Å². The molecule has 1 aromatic carbocycles. The molecule has 2 unspecified atom stereocenters. The second-order valence-corrected chi connectivity index (χ2v) is 8.60. The molecule has 1 amide bonds. The zero-order valence-electron chi connectivity index (χ0n) is 13.5. The average molecular weight is 324 g/mol. The van der Waals surface area contributed by atoms with Crippen LogP contribution in [0, 0.1) is 0 Å². The van der Waals surface area contributed by atoms with Gasteiger partial charge in [0.15, 0.2) is 9.84 Å². The molecule has 1 saturated heterocycles. The standard InChI is InChI=1S/C16H24N2O3S/c1-11(2)22(20,21)15-7-5-14(6-8-15)16(19)18-10-9-17-12(3)13(18)4/h5-8,11-13,17H,9-10H2,1-4H3. The summed E-state index contributed by atoms with van der Waals surface area (Å²) in [5, 5.41) is 2.87. The van der Waals surface area contributed by atoms with E-state index in [2.05, 4.69) is 12.2 Å². The molecule has 0 saturated carbocycles. The number of hydrogen-bond donors (Lipinski definition) is 1. The van der Waals surface area contributed by atoms with Gasteiger partial charge in [-0.2, -0.15) is 0 Å². The minimum absolute atomic E-state index is 0.0469. The van der Waals surface area contributed by atoms with Crippen molar-refractivity contribution in [1.29, 1.82) is 0 Å². The molecule has 1 aromatic rings. The molecule has 0 aliphatic carbocycles. The Balaban J connectivity index is 2.22. The first-order chi connectivity index (χ1) is 10.2. The van der Waals surface area contributed by atoms with Gasteiger partial charge in [0.1, 0.15) is 0 Å². The molecule has 2 rings (SSSR count). The molecule has 0 spiro atoms. The highest BCUT2D eigenvalue weighted by Crippen LogP contribution is 2.19. The lowest BCUT2D eigenvalue weighted by Crippen LogP contribution is -2.57. The van der Waals surface area contributed by atoms with E-state index in [0.29, 0.717) is 12.1 Å². The second-order valence-electron chi connectivity index (χ2n) is 6.10. The van der Waals surface area contributed by atoms with Crippen molar-refractivity contribution in [2.75, 3.05) is 13.1 Å². The summed E-state index contributed by atoms with van der Waals surface area (Å²) in [5.41, 5.74) is 0.531. The number of carbonyl (C=O) groups excluding carboxylic acids is 1. The molecule has 0 radical (unpaired) electrons. The molecule has 1 N–H and O–H groups in total. The monoisotopic (exact) mass is 324 g/mol. The number of rotatable bonds is 3. The molecule has 5 nitrogen and oxygen atoms in total. The Morgan fingerprint density at radius 1 is 1.23 bits per heavy atom. The lowest BCUT2D eigenvalue weighted by molar-refractivity contribution is 0.0603. The first kappa shape index (κ1) is 17.0. The van der Waals surface area contributed by atoms with Gasteiger partial charge in [-0.3, -0.25) is 4.79 Å². The highest BCUT2D eigenvalue weighted by molar-refractivity contribution is 7.92. The predicted molar refractivity (Wildman–Crippen MR) is 86.7 cm³/mol. The maximum Gasteiger partial charge on any atom is 0.254 e. The van der Waals surface area contributed by atoms with Gasteiger partial charge in [0.2, 0.25) is 0 Å². The predicted octanol–water partition coefficient (Wildman–Crippen LogP) is 1.69. The van der Waals surface area contributed by atoms with Gasteiger partial charge in [0.05, 0.1) is 10.1 Å². The molecule has 1 aliphatic heterocycles. The third-order valence-corrected chi connectivity index (χ3v) is 6.52. The normalized spacial score (nSPS) is 22.9. The number of carbonyl (C=O) groups is 1. The van der Waals surface area contributed by atoms with Gasteiger partial charge in [0, 0.05) is 30.7 Å². The summed E-state index contributed by atoms with van der Waals surface area (Å²) in [5.74, 6) is -0.0469. The van der Waals surface area contributed by atoms with Crippen molar-refractivity contribution in [3.8, 4) is 0 Å². The van der Waals surface area contributed by atoms with Crippen molar-refractivity contribution >= 4 is 15.7 Å². The van der Waals surface area contributed by atoms with Crippen LogP contribution >= 0.6 is 0 Å². The molecule has 1 heterocycles. The number of sulfone groups is 1. The number of benzene rings is 1. The summed E-state index contributed by atoms with van der Waals surface area (Å²) >= 11 is 0. The van der Waals surface area contributed by atoms with Crippen molar-refractivity contribution < 1.29 is 13.2 Å². The Morgan fingerprint density at radius 2 is 1.82 bits per heavy atom. The van der Waals surface area contributed by atoms with E-state index in [1.165, 1.54) is 12.1 Å². The van der Waals surface area contributed by atoms with Gasteiger partial charge in [-0.1, -0.05) is 0 Å². The van der Waals surface area contributed by atoms with E-state index in [1.807, 2.05) is 11.8 Å². The molecule has 6 heteroatoms. The summed E-state index contributed by atoms with van der Waals surface area (Å²) in [7, 11) is -3.30. The smallest absolute Gasteiger partial charge is 0.254 e. The Bertz CT molecular complexity index is 638. The molecule has 22 heavy (non-hydrogen) atoms. The van der Waals surface area contributed by atoms with Crippen LogP contribution in [0.25, 0.3) is 0 Å². The summed E-state index contributed by atoms with van der Waals surface area (Å²) < 4.78 is 24.2. The van der Waals surface area contributed by atoms with Gasteiger partial charge in [0.25, 0.3) is 5.91 Å². The lowest BCUT2D eigenvalue weighted by Gasteiger charge is -2.38. The highest BCUT2D eigenvalue weighted by Gasteiger charge is 2.29. The summed E-state index contributed by atoms with van der Waals surface area (Å²) in [6, 6.07) is 6.63. The van der Waals surface area contributed by atoms with E-state index in [4.69, 9.17) is 0 Å².